The van der Waals surface area contributed by atoms with Gasteiger partial charge in [-0.15, -0.1) is 0 Å². The number of amides is 1. The van der Waals surface area contributed by atoms with Gasteiger partial charge in [-0.2, -0.15) is 0 Å². The SMILES string of the molecule is COc1cc([N+](=O)[O-])ccc1NC(=O)[C@@H]1[C@@H]2C[C@@H]3[C@H]1C(=O)O[C@@H]3C2. The highest BCUT2D eigenvalue weighted by atomic mass is 16.6. The Kier molecular flexibility index (Phi) is 3.22. The Bertz CT molecular complexity index is 746. The number of nitrogens with one attached hydrogen (secondary N) is 1. The lowest BCUT2D eigenvalue weighted by molar-refractivity contribution is -0.384. The Morgan fingerprint density at radius 1 is 1.42 bits per heavy atom. The lowest BCUT2D eigenvalue weighted by Crippen LogP contribution is -2.35. The standard InChI is InChI=1S/C16H16N2O6/c1-23-12-6-8(18(21)22)2-3-10(12)17-15(19)13-7-4-9-11(5-7)24-16(20)14(9)13/h2-3,6-7,9,11,13-14H,4-5H2,1H3,(H,17,19)/t7-,9+,11-,13-,14-/m1/s1. The Balaban J connectivity index is 1.57. The summed E-state index contributed by atoms with van der Waals surface area (Å²) >= 11 is 0. The van der Waals surface area contributed by atoms with Crippen LogP contribution in [0.4, 0.5) is 11.4 Å². The van der Waals surface area contributed by atoms with E-state index in [2.05, 4.69) is 5.32 Å². The zero-order valence-corrected chi connectivity index (χ0v) is 12.9. The minimum Gasteiger partial charge on any atom is -0.494 e. The van der Waals surface area contributed by atoms with Gasteiger partial charge in [0.15, 0.2) is 0 Å². The lowest BCUT2D eigenvalue weighted by Gasteiger charge is -2.23. The predicted octanol–water partition coefficient (Wildman–Crippen LogP) is 1.74. The molecule has 3 aliphatic rings. The van der Waals surface area contributed by atoms with Gasteiger partial charge < -0.3 is 14.8 Å². The number of hydrogen-bond acceptors (Lipinski definition) is 6. The molecular formula is C16H16N2O6. The molecule has 126 valence electrons. The Hall–Kier alpha value is -2.64. The van der Waals surface area contributed by atoms with E-state index in [9.17, 15) is 19.7 Å². The number of nitrogens with zero attached hydrogens (tertiary/aromatic N) is 1. The molecule has 2 aliphatic carbocycles. The van der Waals surface area contributed by atoms with Gasteiger partial charge in [0.05, 0.1) is 35.6 Å². The van der Waals surface area contributed by atoms with Crippen molar-refractivity contribution in [1.29, 1.82) is 0 Å². The molecule has 4 rings (SSSR count). The van der Waals surface area contributed by atoms with Crippen LogP contribution in [0, 0.1) is 33.8 Å². The van der Waals surface area contributed by atoms with E-state index >= 15 is 0 Å². The average molecular weight is 332 g/mol. The number of anilines is 1. The minimum absolute atomic E-state index is 0.0227. The van der Waals surface area contributed by atoms with Crippen molar-refractivity contribution in [1.82, 2.24) is 0 Å². The number of non-ortho nitro benzene ring substituents is 1. The Morgan fingerprint density at radius 3 is 2.92 bits per heavy atom. The average Bonchev–Trinajstić information content (AvgIpc) is 3.16. The van der Waals surface area contributed by atoms with Gasteiger partial charge in [0.25, 0.3) is 5.69 Å². The van der Waals surface area contributed by atoms with E-state index in [1.807, 2.05) is 0 Å². The number of nitro benzene ring substituents is 1. The third-order valence-electron chi connectivity index (χ3n) is 5.44. The number of ether oxygens (including phenoxy) is 2. The van der Waals surface area contributed by atoms with Crippen LogP contribution in [0.25, 0.3) is 0 Å². The van der Waals surface area contributed by atoms with Gasteiger partial charge in [0, 0.05) is 12.0 Å². The van der Waals surface area contributed by atoms with Gasteiger partial charge in [0.1, 0.15) is 11.9 Å². The summed E-state index contributed by atoms with van der Waals surface area (Å²) in [5, 5.41) is 13.6. The van der Waals surface area contributed by atoms with E-state index in [4.69, 9.17) is 9.47 Å². The molecule has 2 bridgehead atoms. The lowest BCUT2D eigenvalue weighted by atomic mass is 9.79. The first-order valence-corrected chi connectivity index (χ1v) is 7.83. The second-order valence-corrected chi connectivity index (χ2v) is 6.55. The Morgan fingerprint density at radius 2 is 2.21 bits per heavy atom. The number of esters is 1. The third kappa shape index (κ3) is 2.05. The molecule has 1 saturated heterocycles. The summed E-state index contributed by atoms with van der Waals surface area (Å²) in [5.41, 5.74) is 0.241. The third-order valence-corrected chi connectivity index (χ3v) is 5.44. The quantitative estimate of drug-likeness (QED) is 0.511. The maximum Gasteiger partial charge on any atom is 0.310 e. The normalized spacial score (nSPS) is 32.5. The van der Waals surface area contributed by atoms with E-state index in [-0.39, 0.29) is 47.2 Å². The number of rotatable bonds is 4. The molecule has 1 heterocycles. The van der Waals surface area contributed by atoms with Gasteiger partial charge in [-0.3, -0.25) is 19.7 Å². The number of carbonyl (C=O) groups excluding carboxylic acids is 2. The second-order valence-electron chi connectivity index (χ2n) is 6.55. The first-order chi connectivity index (χ1) is 11.5. The summed E-state index contributed by atoms with van der Waals surface area (Å²) in [6.07, 6.45) is 1.56. The van der Waals surface area contributed by atoms with Crippen LogP contribution in [0.3, 0.4) is 0 Å². The number of hydrogen-bond donors (Lipinski definition) is 1. The summed E-state index contributed by atoms with van der Waals surface area (Å²) in [6, 6.07) is 4.01. The molecular weight excluding hydrogens is 316 g/mol. The fraction of sp³-hybridized carbons (Fsp3) is 0.500. The number of methoxy groups -OCH3 is 1. The molecule has 8 nitrogen and oxygen atoms in total. The van der Waals surface area contributed by atoms with Crippen molar-refractivity contribution in [3.8, 4) is 5.75 Å². The van der Waals surface area contributed by atoms with E-state index < -0.39 is 10.8 Å². The van der Waals surface area contributed by atoms with Crippen LogP contribution in [-0.2, 0) is 14.3 Å². The molecule has 0 unspecified atom stereocenters. The van der Waals surface area contributed by atoms with E-state index in [1.54, 1.807) is 0 Å². The van der Waals surface area contributed by atoms with Crippen LogP contribution in [0.2, 0.25) is 0 Å². The molecule has 5 atom stereocenters. The fourth-order valence-electron chi connectivity index (χ4n) is 4.48. The van der Waals surface area contributed by atoms with Gasteiger partial charge in [-0.05, 0) is 24.8 Å². The highest BCUT2D eigenvalue weighted by Crippen LogP contribution is 2.57. The molecule has 2 saturated carbocycles. The van der Waals surface area contributed by atoms with Crippen molar-refractivity contribution < 1.29 is 24.0 Å². The van der Waals surface area contributed by atoms with Crippen molar-refractivity contribution in [2.24, 2.45) is 23.7 Å². The fourth-order valence-corrected chi connectivity index (χ4v) is 4.48. The van der Waals surface area contributed by atoms with Crippen molar-refractivity contribution in [3.05, 3.63) is 28.3 Å². The van der Waals surface area contributed by atoms with Gasteiger partial charge in [-0.1, -0.05) is 0 Å². The highest BCUT2D eigenvalue weighted by Gasteiger charge is 2.63. The molecule has 1 aromatic rings. The molecule has 1 aromatic carbocycles. The molecule has 0 spiro atoms. The highest BCUT2D eigenvalue weighted by molar-refractivity contribution is 5.98. The molecule has 1 N–H and O–H groups in total. The Labute approximate surface area is 137 Å². The number of nitro groups is 1. The summed E-state index contributed by atoms with van der Waals surface area (Å²) in [7, 11) is 1.38. The summed E-state index contributed by atoms with van der Waals surface area (Å²) < 4.78 is 10.5. The van der Waals surface area contributed by atoms with Crippen molar-refractivity contribution >= 4 is 23.3 Å². The first-order valence-electron chi connectivity index (χ1n) is 7.83. The molecule has 3 fully saturated rings. The first kappa shape index (κ1) is 14.9. The van der Waals surface area contributed by atoms with E-state index in [0.29, 0.717) is 5.69 Å². The van der Waals surface area contributed by atoms with Crippen molar-refractivity contribution in [3.63, 3.8) is 0 Å². The van der Waals surface area contributed by atoms with Crippen molar-refractivity contribution in [2.45, 2.75) is 18.9 Å². The van der Waals surface area contributed by atoms with E-state index in [0.717, 1.165) is 12.8 Å². The molecule has 0 aromatic heterocycles. The van der Waals surface area contributed by atoms with Gasteiger partial charge in [-0.25, -0.2) is 0 Å². The largest absolute Gasteiger partial charge is 0.494 e. The number of fused-ring (bicyclic) bond motifs is 1. The molecule has 24 heavy (non-hydrogen) atoms. The minimum atomic E-state index is -0.529. The molecule has 1 amide bonds. The second kappa shape index (κ2) is 5.19. The van der Waals surface area contributed by atoms with Crippen LogP contribution >= 0.6 is 0 Å². The number of carbonyl (C=O) groups is 2. The molecule has 0 radical (unpaired) electrons. The van der Waals surface area contributed by atoms with Gasteiger partial charge >= 0.3 is 5.97 Å². The maximum atomic E-state index is 12.7. The zero-order valence-electron chi connectivity index (χ0n) is 12.9. The molecule has 1 aliphatic heterocycles. The zero-order chi connectivity index (χ0) is 17.0. The van der Waals surface area contributed by atoms with E-state index in [1.165, 1.54) is 25.3 Å². The summed E-state index contributed by atoms with van der Waals surface area (Å²) in [6.45, 7) is 0. The topological polar surface area (TPSA) is 108 Å². The van der Waals surface area contributed by atoms with Crippen LogP contribution in [0.15, 0.2) is 18.2 Å². The number of benzene rings is 1. The van der Waals surface area contributed by atoms with Crippen molar-refractivity contribution in [2.75, 3.05) is 12.4 Å². The van der Waals surface area contributed by atoms with Crippen LogP contribution < -0.4 is 10.1 Å². The maximum absolute atomic E-state index is 12.7. The van der Waals surface area contributed by atoms with Crippen LogP contribution in [0.1, 0.15) is 12.8 Å². The van der Waals surface area contributed by atoms with Gasteiger partial charge in [0.2, 0.25) is 5.91 Å². The monoisotopic (exact) mass is 332 g/mol. The smallest absolute Gasteiger partial charge is 0.310 e. The van der Waals surface area contributed by atoms with Crippen LogP contribution in [-0.4, -0.2) is 30.0 Å². The van der Waals surface area contributed by atoms with Crippen LogP contribution in [0.5, 0.6) is 5.75 Å². The molecule has 8 heteroatoms. The predicted molar refractivity (Wildman–Crippen MR) is 81.4 cm³/mol. The summed E-state index contributed by atoms with van der Waals surface area (Å²) in [4.78, 5) is 35.0. The summed E-state index contributed by atoms with van der Waals surface area (Å²) in [5.74, 6) is -0.776.